The van der Waals surface area contributed by atoms with Crippen LogP contribution in [0.2, 0.25) is 0 Å². The van der Waals surface area contributed by atoms with Crippen LogP contribution in [0.5, 0.6) is 0 Å². The highest BCUT2D eigenvalue weighted by Crippen LogP contribution is 2.50. The molecule has 0 amide bonds. The minimum absolute atomic E-state index is 0.0214. The van der Waals surface area contributed by atoms with Crippen molar-refractivity contribution in [1.82, 2.24) is 4.98 Å². The van der Waals surface area contributed by atoms with Crippen molar-refractivity contribution in [2.45, 2.75) is 83.6 Å². The SMILES string of the molecule is C=C(C)c1nc2c(c(C3CCCC3)c1C(O)c1ccc(C(F)(F)F)cc1)[C@@H](OC)CC(C)(C)C2. The first-order valence-electron chi connectivity index (χ1n) is 12.0. The van der Waals surface area contributed by atoms with E-state index in [0.29, 0.717) is 16.8 Å². The zero-order chi connectivity index (χ0) is 24.8. The van der Waals surface area contributed by atoms with Gasteiger partial charge in [0, 0.05) is 23.9 Å². The number of nitrogens with zero attached hydrogens (tertiary/aromatic N) is 1. The number of benzene rings is 1. The number of allylic oxidation sites excluding steroid dienone is 1. The van der Waals surface area contributed by atoms with Gasteiger partial charge < -0.3 is 9.84 Å². The molecule has 0 radical (unpaired) electrons. The smallest absolute Gasteiger partial charge is 0.384 e. The molecule has 2 aliphatic carbocycles. The number of pyridine rings is 1. The Balaban J connectivity index is 1.95. The molecular formula is C28H34F3NO2. The average molecular weight is 474 g/mol. The zero-order valence-electron chi connectivity index (χ0n) is 20.4. The van der Waals surface area contributed by atoms with Crippen LogP contribution in [0.3, 0.4) is 0 Å². The Kier molecular flexibility index (Phi) is 6.69. The molecule has 6 heteroatoms. The van der Waals surface area contributed by atoms with E-state index in [0.717, 1.165) is 73.1 Å². The van der Waals surface area contributed by atoms with Gasteiger partial charge in [-0.05, 0) is 72.8 Å². The van der Waals surface area contributed by atoms with Crippen molar-refractivity contribution in [2.75, 3.05) is 7.11 Å². The summed E-state index contributed by atoms with van der Waals surface area (Å²) in [5.74, 6) is 0.257. The maximum atomic E-state index is 13.1. The van der Waals surface area contributed by atoms with Crippen LogP contribution >= 0.6 is 0 Å². The van der Waals surface area contributed by atoms with Crippen molar-refractivity contribution in [2.24, 2.45) is 5.41 Å². The Morgan fingerprint density at radius 1 is 1.15 bits per heavy atom. The lowest BCUT2D eigenvalue weighted by atomic mass is 9.70. The van der Waals surface area contributed by atoms with Gasteiger partial charge in [-0.25, -0.2) is 0 Å². The highest BCUT2D eigenvalue weighted by Gasteiger charge is 2.40. The minimum atomic E-state index is -4.42. The normalized spacial score (nSPS) is 21.4. The summed E-state index contributed by atoms with van der Waals surface area (Å²) in [6.07, 6.45) is 0.241. The highest BCUT2D eigenvalue weighted by atomic mass is 19.4. The molecule has 1 aromatic carbocycles. The largest absolute Gasteiger partial charge is 0.416 e. The molecule has 0 bridgehead atoms. The van der Waals surface area contributed by atoms with Crippen LogP contribution in [0, 0.1) is 5.41 Å². The molecule has 3 nitrogen and oxygen atoms in total. The van der Waals surface area contributed by atoms with E-state index in [2.05, 4.69) is 20.4 Å². The summed E-state index contributed by atoms with van der Waals surface area (Å²) in [5.41, 5.74) is 4.92. The quantitative estimate of drug-likeness (QED) is 0.488. The van der Waals surface area contributed by atoms with Gasteiger partial charge >= 0.3 is 6.18 Å². The number of methoxy groups -OCH3 is 1. The van der Waals surface area contributed by atoms with Crippen molar-refractivity contribution in [1.29, 1.82) is 0 Å². The lowest BCUT2D eigenvalue weighted by Crippen LogP contribution is -2.30. The molecule has 0 spiro atoms. The first kappa shape index (κ1) is 24.9. The maximum Gasteiger partial charge on any atom is 0.416 e. The fraction of sp³-hybridized carbons (Fsp3) is 0.536. The Morgan fingerprint density at radius 3 is 2.29 bits per heavy atom. The van der Waals surface area contributed by atoms with Gasteiger partial charge in [-0.1, -0.05) is 45.4 Å². The van der Waals surface area contributed by atoms with Crippen molar-refractivity contribution in [3.8, 4) is 0 Å². The number of hydrogen-bond donors (Lipinski definition) is 1. The summed E-state index contributed by atoms with van der Waals surface area (Å²) in [6, 6.07) is 4.79. The van der Waals surface area contributed by atoms with E-state index in [4.69, 9.17) is 9.72 Å². The number of hydrogen-bond acceptors (Lipinski definition) is 3. The standard InChI is InChI=1S/C28H34F3NO2/c1-16(2)25-24(26(33)18-10-12-19(13-11-18)28(29,30)31)22(17-8-6-7-9-17)23-20(32-25)14-27(3,4)15-21(23)34-5/h10-13,17,21,26,33H,1,6-9,14-15H2,2-5H3/t21-,26?/m0/s1. The van der Waals surface area contributed by atoms with Crippen LogP contribution in [0.15, 0.2) is 30.8 Å². The number of aliphatic hydroxyl groups is 1. The van der Waals surface area contributed by atoms with Crippen LogP contribution in [0.4, 0.5) is 13.2 Å². The third kappa shape index (κ3) is 4.67. The molecule has 2 atom stereocenters. The van der Waals surface area contributed by atoms with Crippen molar-refractivity contribution >= 4 is 5.57 Å². The third-order valence-electron chi connectivity index (χ3n) is 7.38. The van der Waals surface area contributed by atoms with E-state index in [1.807, 2.05) is 6.92 Å². The molecule has 0 aliphatic heterocycles. The van der Waals surface area contributed by atoms with Gasteiger partial charge in [0.15, 0.2) is 0 Å². The Labute approximate surface area is 200 Å². The van der Waals surface area contributed by atoms with Crippen LogP contribution in [0.25, 0.3) is 5.57 Å². The molecule has 1 unspecified atom stereocenters. The molecule has 2 aromatic rings. The van der Waals surface area contributed by atoms with Gasteiger partial charge in [-0.2, -0.15) is 13.2 Å². The Hall–Kier alpha value is -2.18. The van der Waals surface area contributed by atoms with E-state index >= 15 is 0 Å². The van der Waals surface area contributed by atoms with Crippen LogP contribution < -0.4 is 0 Å². The second-order valence-electron chi connectivity index (χ2n) is 10.7. The Morgan fingerprint density at radius 2 is 1.76 bits per heavy atom. The lowest BCUT2D eigenvalue weighted by molar-refractivity contribution is -0.137. The number of ether oxygens (including phenoxy) is 1. The molecule has 1 heterocycles. The molecule has 1 aromatic heterocycles. The summed E-state index contributed by atoms with van der Waals surface area (Å²) >= 11 is 0. The number of aromatic nitrogens is 1. The summed E-state index contributed by atoms with van der Waals surface area (Å²) in [6.45, 7) is 10.4. The lowest BCUT2D eigenvalue weighted by Gasteiger charge is -2.39. The van der Waals surface area contributed by atoms with Crippen LogP contribution in [0.1, 0.15) is 110 Å². The summed E-state index contributed by atoms with van der Waals surface area (Å²) in [5, 5.41) is 11.6. The van der Waals surface area contributed by atoms with Gasteiger partial charge in [0.2, 0.25) is 0 Å². The first-order chi connectivity index (χ1) is 15.9. The molecule has 4 rings (SSSR count). The molecule has 184 valence electrons. The van der Waals surface area contributed by atoms with Gasteiger partial charge in [0.25, 0.3) is 0 Å². The van der Waals surface area contributed by atoms with Crippen LogP contribution in [-0.4, -0.2) is 17.2 Å². The van der Waals surface area contributed by atoms with E-state index in [1.54, 1.807) is 7.11 Å². The maximum absolute atomic E-state index is 13.1. The van der Waals surface area contributed by atoms with Crippen molar-refractivity contribution in [3.63, 3.8) is 0 Å². The van der Waals surface area contributed by atoms with Crippen molar-refractivity contribution in [3.05, 3.63) is 70.0 Å². The van der Waals surface area contributed by atoms with Gasteiger partial charge in [-0.3, -0.25) is 4.98 Å². The van der Waals surface area contributed by atoms with Gasteiger partial charge in [0.1, 0.15) is 6.10 Å². The molecule has 34 heavy (non-hydrogen) atoms. The predicted octanol–water partition coefficient (Wildman–Crippen LogP) is 7.53. The number of fused-ring (bicyclic) bond motifs is 1. The third-order valence-corrected chi connectivity index (χ3v) is 7.38. The van der Waals surface area contributed by atoms with Gasteiger partial charge in [0.05, 0.1) is 17.4 Å². The highest BCUT2D eigenvalue weighted by molar-refractivity contribution is 5.66. The second kappa shape index (κ2) is 9.12. The molecule has 1 saturated carbocycles. The number of aliphatic hydroxyl groups excluding tert-OH is 1. The van der Waals surface area contributed by atoms with E-state index in [9.17, 15) is 18.3 Å². The summed E-state index contributed by atoms with van der Waals surface area (Å²) in [7, 11) is 1.72. The predicted molar refractivity (Wildman–Crippen MR) is 128 cm³/mol. The molecule has 2 aliphatic rings. The molecular weight excluding hydrogens is 439 g/mol. The molecule has 0 saturated heterocycles. The van der Waals surface area contributed by atoms with E-state index in [-0.39, 0.29) is 17.4 Å². The summed E-state index contributed by atoms with van der Waals surface area (Å²) in [4.78, 5) is 5.02. The Bertz CT molecular complexity index is 1070. The fourth-order valence-electron chi connectivity index (χ4n) is 5.79. The van der Waals surface area contributed by atoms with E-state index < -0.39 is 17.8 Å². The fourth-order valence-corrected chi connectivity index (χ4v) is 5.79. The molecule has 1 N–H and O–H groups in total. The number of halogens is 3. The molecule has 1 fully saturated rings. The zero-order valence-corrected chi connectivity index (χ0v) is 20.4. The van der Waals surface area contributed by atoms with Crippen molar-refractivity contribution < 1.29 is 23.0 Å². The summed E-state index contributed by atoms with van der Waals surface area (Å²) < 4.78 is 45.3. The van der Waals surface area contributed by atoms with Crippen LogP contribution in [-0.2, 0) is 17.3 Å². The topological polar surface area (TPSA) is 42.4 Å². The number of alkyl halides is 3. The first-order valence-corrected chi connectivity index (χ1v) is 12.0. The number of rotatable bonds is 5. The monoisotopic (exact) mass is 473 g/mol. The van der Waals surface area contributed by atoms with Gasteiger partial charge in [-0.15, -0.1) is 0 Å². The average Bonchev–Trinajstić information content (AvgIpc) is 3.30. The minimum Gasteiger partial charge on any atom is -0.384 e. The second-order valence-corrected chi connectivity index (χ2v) is 10.7. The van der Waals surface area contributed by atoms with E-state index in [1.165, 1.54) is 12.1 Å².